The zero-order valence-corrected chi connectivity index (χ0v) is 10.2. The quantitative estimate of drug-likeness (QED) is 0.833. The SMILES string of the molecule is CC(CN)(Cc1ccc2c(c1)CCC2)C(=O)O. The molecule has 1 aliphatic carbocycles. The van der Waals surface area contributed by atoms with E-state index in [-0.39, 0.29) is 6.54 Å². The number of carbonyl (C=O) groups is 1. The third kappa shape index (κ3) is 2.34. The summed E-state index contributed by atoms with van der Waals surface area (Å²) in [4.78, 5) is 11.2. The molecule has 1 atom stereocenters. The Morgan fingerprint density at radius 1 is 1.41 bits per heavy atom. The number of nitrogens with two attached hydrogens (primary N) is 1. The minimum absolute atomic E-state index is 0.166. The third-order valence-electron chi connectivity index (χ3n) is 3.72. The fourth-order valence-corrected chi connectivity index (χ4v) is 2.42. The number of benzene rings is 1. The van der Waals surface area contributed by atoms with Crippen molar-refractivity contribution in [3.63, 3.8) is 0 Å². The molecule has 3 nitrogen and oxygen atoms in total. The first kappa shape index (κ1) is 12.1. The number of carboxylic acids is 1. The lowest BCUT2D eigenvalue weighted by atomic mass is 9.83. The first-order valence-electron chi connectivity index (χ1n) is 6.09. The average Bonchev–Trinajstić information content (AvgIpc) is 2.75. The van der Waals surface area contributed by atoms with E-state index in [4.69, 9.17) is 5.73 Å². The van der Waals surface area contributed by atoms with Crippen LogP contribution in [0.15, 0.2) is 18.2 Å². The van der Waals surface area contributed by atoms with Gasteiger partial charge in [-0.1, -0.05) is 18.2 Å². The molecule has 1 aromatic rings. The zero-order valence-electron chi connectivity index (χ0n) is 10.2. The van der Waals surface area contributed by atoms with Gasteiger partial charge in [0.05, 0.1) is 5.41 Å². The van der Waals surface area contributed by atoms with Gasteiger partial charge in [-0.15, -0.1) is 0 Å². The topological polar surface area (TPSA) is 63.3 Å². The molecule has 0 amide bonds. The van der Waals surface area contributed by atoms with Gasteiger partial charge in [0, 0.05) is 6.54 Å². The van der Waals surface area contributed by atoms with Crippen LogP contribution in [0.4, 0.5) is 0 Å². The number of hydrogen-bond donors (Lipinski definition) is 2. The Morgan fingerprint density at radius 3 is 2.76 bits per heavy atom. The van der Waals surface area contributed by atoms with Crippen molar-refractivity contribution >= 4 is 5.97 Å². The van der Waals surface area contributed by atoms with Gasteiger partial charge in [0.2, 0.25) is 0 Å². The van der Waals surface area contributed by atoms with Crippen molar-refractivity contribution in [3.8, 4) is 0 Å². The first-order valence-corrected chi connectivity index (χ1v) is 6.09. The van der Waals surface area contributed by atoms with Crippen LogP contribution in [0.5, 0.6) is 0 Å². The van der Waals surface area contributed by atoms with Gasteiger partial charge in [0.25, 0.3) is 0 Å². The van der Waals surface area contributed by atoms with E-state index in [2.05, 4.69) is 12.1 Å². The van der Waals surface area contributed by atoms with Crippen molar-refractivity contribution in [2.45, 2.75) is 32.6 Å². The molecule has 0 saturated heterocycles. The summed E-state index contributed by atoms with van der Waals surface area (Å²) in [6.45, 7) is 1.88. The normalized spacial score (nSPS) is 17.5. The molecule has 3 N–H and O–H groups in total. The van der Waals surface area contributed by atoms with Gasteiger partial charge in [-0.25, -0.2) is 0 Å². The van der Waals surface area contributed by atoms with Crippen molar-refractivity contribution in [1.29, 1.82) is 0 Å². The van der Waals surface area contributed by atoms with Crippen LogP contribution in [0.3, 0.4) is 0 Å². The maximum absolute atomic E-state index is 11.2. The predicted octanol–water partition coefficient (Wildman–Crippen LogP) is 1.77. The molecule has 0 aliphatic heterocycles. The fraction of sp³-hybridized carbons (Fsp3) is 0.500. The van der Waals surface area contributed by atoms with E-state index >= 15 is 0 Å². The summed E-state index contributed by atoms with van der Waals surface area (Å²) in [6, 6.07) is 6.33. The van der Waals surface area contributed by atoms with Gasteiger partial charge in [0.1, 0.15) is 0 Å². The highest BCUT2D eigenvalue weighted by Gasteiger charge is 2.31. The lowest BCUT2D eigenvalue weighted by Gasteiger charge is -2.23. The fourth-order valence-electron chi connectivity index (χ4n) is 2.42. The van der Waals surface area contributed by atoms with E-state index in [0.717, 1.165) is 18.4 Å². The molecule has 3 heteroatoms. The third-order valence-corrected chi connectivity index (χ3v) is 3.72. The van der Waals surface area contributed by atoms with Gasteiger partial charge in [-0.05, 0) is 49.3 Å². The number of fused-ring (bicyclic) bond motifs is 1. The predicted molar refractivity (Wildman–Crippen MR) is 67.0 cm³/mol. The van der Waals surface area contributed by atoms with Crippen molar-refractivity contribution < 1.29 is 9.90 Å². The number of aryl methyl sites for hydroxylation is 2. The van der Waals surface area contributed by atoms with Crippen LogP contribution in [-0.4, -0.2) is 17.6 Å². The van der Waals surface area contributed by atoms with Crippen LogP contribution in [0.1, 0.15) is 30.0 Å². The molecular formula is C14H19NO2. The van der Waals surface area contributed by atoms with Gasteiger partial charge in [0.15, 0.2) is 0 Å². The van der Waals surface area contributed by atoms with Crippen LogP contribution in [0.25, 0.3) is 0 Å². The summed E-state index contributed by atoms with van der Waals surface area (Å²) < 4.78 is 0. The Bertz CT molecular complexity index is 442. The van der Waals surface area contributed by atoms with Crippen LogP contribution >= 0.6 is 0 Å². The number of aliphatic carboxylic acids is 1. The Kier molecular flexibility index (Phi) is 3.20. The summed E-state index contributed by atoms with van der Waals surface area (Å²) in [5.41, 5.74) is 8.61. The van der Waals surface area contributed by atoms with Crippen molar-refractivity contribution in [1.82, 2.24) is 0 Å². The summed E-state index contributed by atoms with van der Waals surface area (Å²) >= 11 is 0. The van der Waals surface area contributed by atoms with Crippen molar-refractivity contribution in [2.24, 2.45) is 11.1 Å². The van der Waals surface area contributed by atoms with E-state index in [1.54, 1.807) is 6.92 Å². The van der Waals surface area contributed by atoms with E-state index in [1.165, 1.54) is 17.5 Å². The molecule has 0 spiro atoms. The molecule has 0 fully saturated rings. The second kappa shape index (κ2) is 4.49. The molecule has 2 rings (SSSR count). The Balaban J connectivity index is 2.21. The maximum Gasteiger partial charge on any atom is 0.310 e. The maximum atomic E-state index is 11.2. The molecule has 0 heterocycles. The monoisotopic (exact) mass is 233 g/mol. The Morgan fingerprint density at radius 2 is 2.12 bits per heavy atom. The molecule has 92 valence electrons. The summed E-state index contributed by atoms with van der Waals surface area (Å²) in [6.07, 6.45) is 4.00. The van der Waals surface area contributed by atoms with Crippen LogP contribution in [0, 0.1) is 5.41 Å². The Labute approximate surface area is 102 Å². The molecule has 0 saturated carbocycles. The average molecular weight is 233 g/mol. The molecule has 1 aromatic carbocycles. The van der Waals surface area contributed by atoms with Gasteiger partial charge in [-0.3, -0.25) is 4.79 Å². The van der Waals surface area contributed by atoms with E-state index in [0.29, 0.717) is 6.42 Å². The Hall–Kier alpha value is -1.35. The summed E-state index contributed by atoms with van der Waals surface area (Å²) in [5, 5.41) is 9.21. The standard InChI is InChI=1S/C14H19NO2/c1-14(9-15,13(16)17)8-10-5-6-11-3-2-4-12(11)7-10/h5-7H,2-4,8-9,15H2,1H3,(H,16,17). The second-order valence-corrected chi connectivity index (χ2v) is 5.20. The van der Waals surface area contributed by atoms with Gasteiger partial charge in [-0.2, -0.15) is 0 Å². The largest absolute Gasteiger partial charge is 0.481 e. The zero-order chi connectivity index (χ0) is 12.5. The highest BCUT2D eigenvalue weighted by molar-refractivity contribution is 5.75. The van der Waals surface area contributed by atoms with E-state index in [9.17, 15) is 9.90 Å². The summed E-state index contributed by atoms with van der Waals surface area (Å²) in [5.74, 6) is -0.819. The van der Waals surface area contributed by atoms with Crippen LogP contribution in [0.2, 0.25) is 0 Å². The lowest BCUT2D eigenvalue weighted by molar-refractivity contribution is -0.147. The minimum atomic E-state index is -0.854. The molecule has 0 aromatic heterocycles. The molecule has 17 heavy (non-hydrogen) atoms. The van der Waals surface area contributed by atoms with Gasteiger partial charge >= 0.3 is 5.97 Å². The highest BCUT2D eigenvalue weighted by atomic mass is 16.4. The minimum Gasteiger partial charge on any atom is -0.481 e. The number of rotatable bonds is 4. The van der Waals surface area contributed by atoms with Crippen LogP contribution < -0.4 is 5.73 Å². The van der Waals surface area contributed by atoms with Gasteiger partial charge < -0.3 is 10.8 Å². The van der Waals surface area contributed by atoms with Crippen molar-refractivity contribution in [3.05, 3.63) is 34.9 Å². The molecule has 0 bridgehead atoms. The van der Waals surface area contributed by atoms with Crippen molar-refractivity contribution in [2.75, 3.05) is 6.54 Å². The molecule has 1 unspecified atom stereocenters. The molecular weight excluding hydrogens is 214 g/mol. The lowest BCUT2D eigenvalue weighted by Crippen LogP contribution is -2.37. The molecule has 0 radical (unpaired) electrons. The molecule has 1 aliphatic rings. The van der Waals surface area contributed by atoms with E-state index < -0.39 is 11.4 Å². The van der Waals surface area contributed by atoms with E-state index in [1.807, 2.05) is 6.07 Å². The first-order chi connectivity index (χ1) is 8.05. The van der Waals surface area contributed by atoms with Crippen LogP contribution in [-0.2, 0) is 24.1 Å². The number of hydrogen-bond acceptors (Lipinski definition) is 2. The highest BCUT2D eigenvalue weighted by Crippen LogP contribution is 2.27. The smallest absolute Gasteiger partial charge is 0.310 e. The summed E-state index contributed by atoms with van der Waals surface area (Å²) in [7, 11) is 0. The number of carboxylic acid groups (broad SMARTS) is 1. The second-order valence-electron chi connectivity index (χ2n) is 5.20.